The molecule has 2 aromatic rings. The van der Waals surface area contributed by atoms with Crippen molar-refractivity contribution < 1.29 is 4.79 Å². The van der Waals surface area contributed by atoms with E-state index in [1.165, 1.54) is 0 Å². The lowest BCUT2D eigenvalue weighted by atomic mass is 10.1. The number of carbonyl (C=O) groups is 1. The van der Waals surface area contributed by atoms with Gasteiger partial charge in [-0.2, -0.15) is 0 Å². The maximum atomic E-state index is 12.0. The van der Waals surface area contributed by atoms with E-state index in [1.807, 2.05) is 6.92 Å². The minimum Gasteiger partial charge on any atom is -0.399 e. The number of amides is 1. The van der Waals surface area contributed by atoms with Gasteiger partial charge in [-0.3, -0.25) is 4.79 Å². The largest absolute Gasteiger partial charge is 0.399 e. The number of aromatic nitrogens is 2. The third kappa shape index (κ3) is 2.62. The molecular weight excluding hydrogens is 252 g/mol. The van der Waals surface area contributed by atoms with Crippen LogP contribution in [0, 0.1) is 0 Å². The molecule has 6 heteroatoms. The zero-order valence-corrected chi connectivity index (χ0v) is 10.5. The highest BCUT2D eigenvalue weighted by Gasteiger charge is 2.15. The number of benzene rings is 1. The molecule has 1 heterocycles. The average molecular weight is 265 g/mol. The molecule has 0 fully saturated rings. The van der Waals surface area contributed by atoms with Gasteiger partial charge >= 0.3 is 0 Å². The van der Waals surface area contributed by atoms with Crippen LogP contribution in [0.25, 0.3) is 0 Å². The van der Waals surface area contributed by atoms with Crippen LogP contribution in [0.2, 0.25) is 5.02 Å². The molecule has 0 spiro atoms. The fourth-order valence-corrected chi connectivity index (χ4v) is 1.78. The Kier molecular flexibility index (Phi) is 3.53. The number of nitrogen functional groups attached to an aromatic ring is 1. The van der Waals surface area contributed by atoms with Crippen LogP contribution in [-0.2, 0) is 0 Å². The molecule has 0 bridgehead atoms. The van der Waals surface area contributed by atoms with Crippen molar-refractivity contribution in [3.63, 3.8) is 0 Å². The number of halogens is 1. The molecule has 0 radical (unpaired) electrons. The number of anilines is 1. The summed E-state index contributed by atoms with van der Waals surface area (Å²) >= 11 is 5.96. The second-order valence-electron chi connectivity index (χ2n) is 3.91. The number of nitrogens with zero attached hydrogens (tertiary/aromatic N) is 1. The number of aromatic amines is 1. The Labute approximate surface area is 109 Å². The molecule has 1 aromatic carbocycles. The van der Waals surface area contributed by atoms with Crippen LogP contribution in [0.3, 0.4) is 0 Å². The van der Waals surface area contributed by atoms with Gasteiger partial charge in [0, 0.05) is 18.1 Å². The minimum absolute atomic E-state index is 0.231. The van der Waals surface area contributed by atoms with Gasteiger partial charge in [-0.05, 0) is 25.1 Å². The van der Waals surface area contributed by atoms with E-state index in [0.29, 0.717) is 22.1 Å². The molecule has 1 unspecified atom stereocenters. The van der Waals surface area contributed by atoms with Crippen LogP contribution >= 0.6 is 11.6 Å². The first-order chi connectivity index (χ1) is 8.58. The summed E-state index contributed by atoms with van der Waals surface area (Å²) in [5.74, 6) is 0.402. The van der Waals surface area contributed by atoms with Gasteiger partial charge < -0.3 is 16.0 Å². The van der Waals surface area contributed by atoms with Crippen LogP contribution in [0.1, 0.15) is 29.1 Å². The Bertz CT molecular complexity index is 553. The van der Waals surface area contributed by atoms with E-state index < -0.39 is 0 Å². The molecule has 1 aromatic heterocycles. The zero-order valence-electron chi connectivity index (χ0n) is 9.77. The molecule has 94 valence electrons. The summed E-state index contributed by atoms with van der Waals surface area (Å²) in [5.41, 5.74) is 6.49. The molecule has 0 saturated heterocycles. The normalized spacial score (nSPS) is 12.1. The van der Waals surface area contributed by atoms with Crippen molar-refractivity contribution in [2.45, 2.75) is 13.0 Å². The van der Waals surface area contributed by atoms with E-state index in [1.54, 1.807) is 30.6 Å². The number of carbonyl (C=O) groups excluding carboxylic acids is 1. The van der Waals surface area contributed by atoms with Crippen molar-refractivity contribution in [3.05, 3.63) is 47.0 Å². The maximum Gasteiger partial charge on any atom is 0.253 e. The number of rotatable bonds is 3. The highest BCUT2D eigenvalue weighted by atomic mass is 35.5. The lowest BCUT2D eigenvalue weighted by molar-refractivity contribution is 0.0938. The summed E-state index contributed by atoms with van der Waals surface area (Å²) in [6.07, 6.45) is 3.33. The van der Waals surface area contributed by atoms with Gasteiger partial charge in [-0.25, -0.2) is 4.98 Å². The summed E-state index contributed by atoms with van der Waals surface area (Å²) in [7, 11) is 0. The Morgan fingerprint density at radius 2 is 2.33 bits per heavy atom. The highest BCUT2D eigenvalue weighted by molar-refractivity contribution is 6.34. The first-order valence-electron chi connectivity index (χ1n) is 5.43. The lowest BCUT2D eigenvalue weighted by Crippen LogP contribution is -2.27. The SMILES string of the molecule is CC(NC(=O)c1cc(N)ccc1Cl)c1ncc[nH]1. The van der Waals surface area contributed by atoms with E-state index in [0.717, 1.165) is 0 Å². The van der Waals surface area contributed by atoms with Crippen molar-refractivity contribution in [2.24, 2.45) is 0 Å². The second-order valence-corrected chi connectivity index (χ2v) is 4.32. The number of hydrogen-bond donors (Lipinski definition) is 3. The predicted molar refractivity (Wildman–Crippen MR) is 70.3 cm³/mol. The first-order valence-corrected chi connectivity index (χ1v) is 5.81. The van der Waals surface area contributed by atoms with Gasteiger partial charge in [0.15, 0.2) is 0 Å². The number of imidazole rings is 1. The quantitative estimate of drug-likeness (QED) is 0.743. The van der Waals surface area contributed by atoms with Gasteiger partial charge in [0.2, 0.25) is 0 Å². The zero-order chi connectivity index (χ0) is 13.1. The van der Waals surface area contributed by atoms with E-state index in [9.17, 15) is 4.79 Å². The fraction of sp³-hybridized carbons (Fsp3) is 0.167. The summed E-state index contributed by atoms with van der Waals surface area (Å²) < 4.78 is 0. The summed E-state index contributed by atoms with van der Waals surface area (Å²) in [6, 6.07) is 4.57. The van der Waals surface area contributed by atoms with Crippen molar-refractivity contribution in [2.75, 3.05) is 5.73 Å². The molecule has 2 rings (SSSR count). The predicted octanol–water partition coefficient (Wildman–Crippen LogP) is 2.14. The number of nitrogens with one attached hydrogen (secondary N) is 2. The van der Waals surface area contributed by atoms with Gasteiger partial charge in [-0.15, -0.1) is 0 Å². The molecule has 0 aliphatic rings. The van der Waals surface area contributed by atoms with Crippen molar-refractivity contribution in [3.8, 4) is 0 Å². The number of H-pyrrole nitrogens is 1. The Morgan fingerprint density at radius 3 is 3.00 bits per heavy atom. The fourth-order valence-electron chi connectivity index (χ4n) is 1.57. The van der Waals surface area contributed by atoms with Crippen molar-refractivity contribution in [1.82, 2.24) is 15.3 Å². The van der Waals surface area contributed by atoms with E-state index >= 15 is 0 Å². The van der Waals surface area contributed by atoms with Crippen molar-refractivity contribution in [1.29, 1.82) is 0 Å². The van der Waals surface area contributed by atoms with Crippen molar-refractivity contribution >= 4 is 23.2 Å². The van der Waals surface area contributed by atoms with Gasteiger partial charge in [0.25, 0.3) is 5.91 Å². The monoisotopic (exact) mass is 264 g/mol. The molecule has 1 amide bonds. The molecule has 0 aliphatic heterocycles. The molecule has 18 heavy (non-hydrogen) atoms. The molecule has 0 aliphatic carbocycles. The molecular formula is C12H13ClN4O. The molecule has 5 nitrogen and oxygen atoms in total. The van der Waals surface area contributed by atoms with Crippen LogP contribution in [0.15, 0.2) is 30.6 Å². The van der Waals surface area contributed by atoms with Crippen LogP contribution in [0.5, 0.6) is 0 Å². The first kappa shape index (κ1) is 12.4. The number of hydrogen-bond acceptors (Lipinski definition) is 3. The summed E-state index contributed by atoms with van der Waals surface area (Å²) in [4.78, 5) is 19.0. The van der Waals surface area contributed by atoms with E-state index in [4.69, 9.17) is 17.3 Å². The van der Waals surface area contributed by atoms with Crippen LogP contribution in [0.4, 0.5) is 5.69 Å². The van der Waals surface area contributed by atoms with Crippen LogP contribution < -0.4 is 11.1 Å². The standard InChI is InChI=1S/C12H13ClN4O/c1-7(11-15-4-5-16-11)17-12(18)9-6-8(14)2-3-10(9)13/h2-7H,14H2,1H3,(H,15,16)(H,17,18). The van der Waals surface area contributed by atoms with Gasteiger partial charge in [-0.1, -0.05) is 11.6 Å². The van der Waals surface area contributed by atoms with Crippen LogP contribution in [-0.4, -0.2) is 15.9 Å². The Hall–Kier alpha value is -2.01. The van der Waals surface area contributed by atoms with E-state index in [2.05, 4.69) is 15.3 Å². The maximum absolute atomic E-state index is 12.0. The highest BCUT2D eigenvalue weighted by Crippen LogP contribution is 2.19. The van der Waals surface area contributed by atoms with Gasteiger partial charge in [0.1, 0.15) is 5.82 Å². The Balaban J connectivity index is 2.15. The average Bonchev–Trinajstić information content (AvgIpc) is 2.85. The smallest absolute Gasteiger partial charge is 0.253 e. The summed E-state index contributed by atoms with van der Waals surface area (Å²) in [6.45, 7) is 1.83. The lowest BCUT2D eigenvalue weighted by Gasteiger charge is -2.12. The Morgan fingerprint density at radius 1 is 1.56 bits per heavy atom. The summed E-state index contributed by atoms with van der Waals surface area (Å²) in [5, 5.41) is 3.16. The molecule has 4 N–H and O–H groups in total. The molecule has 0 saturated carbocycles. The number of nitrogens with two attached hydrogens (primary N) is 1. The topological polar surface area (TPSA) is 83.8 Å². The third-order valence-electron chi connectivity index (χ3n) is 2.51. The second kappa shape index (κ2) is 5.10. The third-order valence-corrected chi connectivity index (χ3v) is 2.84. The van der Waals surface area contributed by atoms with Gasteiger partial charge in [0.05, 0.1) is 16.6 Å². The molecule has 1 atom stereocenters. The van der Waals surface area contributed by atoms with E-state index in [-0.39, 0.29) is 11.9 Å². The minimum atomic E-state index is -0.281.